The van der Waals surface area contributed by atoms with E-state index in [9.17, 15) is 4.79 Å². The van der Waals surface area contributed by atoms with Crippen molar-refractivity contribution in [3.05, 3.63) is 82.5 Å². The van der Waals surface area contributed by atoms with E-state index in [2.05, 4.69) is 29.0 Å². The molecule has 0 bridgehead atoms. The van der Waals surface area contributed by atoms with Gasteiger partial charge in [0.25, 0.3) is 0 Å². The molecular formula is C25H22N2O4. The number of nitrogens with zero attached hydrogens (tertiary/aromatic N) is 2. The monoisotopic (exact) mass is 414 g/mol. The summed E-state index contributed by atoms with van der Waals surface area (Å²) in [5.41, 5.74) is 3.54. The van der Waals surface area contributed by atoms with Crippen molar-refractivity contribution < 1.29 is 13.9 Å². The van der Waals surface area contributed by atoms with Gasteiger partial charge in [-0.2, -0.15) is 0 Å². The minimum atomic E-state index is -0.606. The largest absolute Gasteiger partial charge is 0.484 e. The number of aryl methyl sites for hydroxylation is 1. The molecule has 6 heteroatoms. The molecule has 5 rings (SSSR count). The van der Waals surface area contributed by atoms with Gasteiger partial charge in [0.15, 0.2) is 0 Å². The summed E-state index contributed by atoms with van der Waals surface area (Å²) in [7, 11) is 0. The molecule has 0 fully saturated rings. The molecule has 0 amide bonds. The van der Waals surface area contributed by atoms with Crippen LogP contribution in [0.5, 0.6) is 11.6 Å². The molecule has 31 heavy (non-hydrogen) atoms. The van der Waals surface area contributed by atoms with E-state index in [0.29, 0.717) is 23.6 Å². The predicted molar refractivity (Wildman–Crippen MR) is 118 cm³/mol. The van der Waals surface area contributed by atoms with Crippen LogP contribution >= 0.6 is 0 Å². The van der Waals surface area contributed by atoms with Crippen LogP contribution < -0.4 is 15.1 Å². The normalized spacial score (nSPS) is 17.1. The lowest BCUT2D eigenvalue weighted by molar-refractivity contribution is -0.0287. The molecule has 156 valence electrons. The van der Waals surface area contributed by atoms with Crippen LogP contribution in [0.2, 0.25) is 0 Å². The number of hydrogen-bond acceptors (Lipinski definition) is 6. The fourth-order valence-corrected chi connectivity index (χ4v) is 3.81. The Bertz CT molecular complexity index is 1330. The third kappa shape index (κ3) is 3.77. The van der Waals surface area contributed by atoms with Crippen LogP contribution in [0.4, 0.5) is 0 Å². The van der Waals surface area contributed by atoms with Gasteiger partial charge in [0.2, 0.25) is 5.88 Å². The molecule has 1 unspecified atom stereocenters. The van der Waals surface area contributed by atoms with Gasteiger partial charge in [-0.25, -0.2) is 14.8 Å². The highest BCUT2D eigenvalue weighted by Crippen LogP contribution is 2.37. The Hall–Kier alpha value is -3.67. The van der Waals surface area contributed by atoms with E-state index in [4.69, 9.17) is 13.9 Å². The summed E-state index contributed by atoms with van der Waals surface area (Å²) in [4.78, 5) is 20.2. The predicted octanol–water partition coefficient (Wildman–Crippen LogP) is 4.72. The average molecular weight is 414 g/mol. The number of benzene rings is 2. The molecule has 0 saturated heterocycles. The zero-order valence-corrected chi connectivity index (χ0v) is 17.6. The second-order valence-corrected chi connectivity index (χ2v) is 8.38. The van der Waals surface area contributed by atoms with Crippen molar-refractivity contribution in [3.8, 4) is 22.9 Å². The summed E-state index contributed by atoms with van der Waals surface area (Å²) < 4.78 is 17.8. The highest BCUT2D eigenvalue weighted by Gasteiger charge is 2.39. The average Bonchev–Trinajstić information content (AvgIpc) is 2.73. The van der Waals surface area contributed by atoms with Gasteiger partial charge in [0, 0.05) is 35.6 Å². The first-order valence-electron chi connectivity index (χ1n) is 10.2. The molecule has 3 heterocycles. The van der Waals surface area contributed by atoms with Gasteiger partial charge < -0.3 is 13.9 Å². The number of fused-ring (bicyclic) bond motifs is 2. The molecule has 0 aliphatic carbocycles. The molecular weight excluding hydrogens is 392 g/mol. The van der Waals surface area contributed by atoms with Crippen molar-refractivity contribution in [3.63, 3.8) is 0 Å². The molecule has 0 saturated carbocycles. The smallest absolute Gasteiger partial charge is 0.336 e. The fourth-order valence-electron chi connectivity index (χ4n) is 3.81. The van der Waals surface area contributed by atoms with Crippen molar-refractivity contribution in [1.29, 1.82) is 0 Å². The molecule has 1 aliphatic heterocycles. The Morgan fingerprint density at radius 3 is 2.65 bits per heavy atom. The lowest BCUT2D eigenvalue weighted by atomic mass is 9.90. The van der Waals surface area contributed by atoms with Crippen molar-refractivity contribution in [2.24, 2.45) is 0 Å². The quantitative estimate of drug-likeness (QED) is 0.452. The molecule has 0 radical (unpaired) electrons. The fraction of sp³-hybridized carbons (Fsp3) is 0.240. The third-order valence-electron chi connectivity index (χ3n) is 5.61. The maximum absolute atomic E-state index is 11.5. The molecule has 2 aromatic carbocycles. The van der Waals surface area contributed by atoms with Crippen LogP contribution in [0, 0.1) is 6.92 Å². The number of hydrogen-bond donors (Lipinski definition) is 0. The molecule has 1 atom stereocenters. The van der Waals surface area contributed by atoms with E-state index in [1.54, 1.807) is 12.1 Å². The second kappa shape index (κ2) is 7.23. The zero-order valence-electron chi connectivity index (χ0n) is 17.6. The Kier molecular flexibility index (Phi) is 4.50. The first-order chi connectivity index (χ1) is 14.9. The van der Waals surface area contributed by atoms with Gasteiger partial charge in [0.05, 0.1) is 5.69 Å². The molecule has 6 nitrogen and oxygen atoms in total. The Balaban J connectivity index is 1.45. The maximum atomic E-state index is 11.5. The number of rotatable bonds is 3. The van der Waals surface area contributed by atoms with Crippen molar-refractivity contribution in [2.45, 2.75) is 38.9 Å². The van der Waals surface area contributed by atoms with E-state index >= 15 is 0 Å². The Morgan fingerprint density at radius 1 is 1.03 bits per heavy atom. The van der Waals surface area contributed by atoms with Crippen LogP contribution in [-0.2, 0) is 6.42 Å². The Morgan fingerprint density at radius 2 is 1.84 bits per heavy atom. The van der Waals surface area contributed by atoms with E-state index in [1.165, 1.54) is 18.0 Å². The van der Waals surface area contributed by atoms with Crippen molar-refractivity contribution >= 4 is 11.0 Å². The van der Waals surface area contributed by atoms with E-state index in [0.717, 1.165) is 22.2 Å². The molecule has 2 aromatic heterocycles. The van der Waals surface area contributed by atoms with Crippen LogP contribution in [-0.4, -0.2) is 21.7 Å². The summed E-state index contributed by atoms with van der Waals surface area (Å²) in [5.74, 6) is 1.21. The molecule has 4 aromatic rings. The standard InChI is InChI=1S/C25H22N2O4/c1-15-4-6-16(7-5-15)19-12-23(27-14-26-19)30-22-11-18-10-17-8-9-24(28)29-20(17)13-21(18)31-25(22,2)3/h4-10,12-14,22H,11H2,1-3H3. The second-order valence-electron chi connectivity index (χ2n) is 8.38. The number of ether oxygens (including phenoxy) is 2. The van der Waals surface area contributed by atoms with Crippen molar-refractivity contribution in [1.82, 2.24) is 9.97 Å². The molecule has 0 N–H and O–H groups in total. The van der Waals surface area contributed by atoms with Crippen molar-refractivity contribution in [2.75, 3.05) is 0 Å². The highest BCUT2D eigenvalue weighted by atomic mass is 16.6. The van der Waals surface area contributed by atoms with E-state index < -0.39 is 5.60 Å². The van der Waals surface area contributed by atoms with Crippen LogP contribution in [0.15, 0.2) is 70.1 Å². The first kappa shape index (κ1) is 19.3. The zero-order chi connectivity index (χ0) is 21.6. The third-order valence-corrected chi connectivity index (χ3v) is 5.61. The lowest BCUT2D eigenvalue weighted by Gasteiger charge is -2.39. The van der Waals surface area contributed by atoms with E-state index in [-0.39, 0.29) is 11.7 Å². The number of aromatic nitrogens is 2. The van der Waals surface area contributed by atoms with Crippen LogP contribution in [0.25, 0.3) is 22.2 Å². The van der Waals surface area contributed by atoms with Crippen LogP contribution in [0.3, 0.4) is 0 Å². The highest BCUT2D eigenvalue weighted by molar-refractivity contribution is 5.79. The van der Waals surface area contributed by atoms with Gasteiger partial charge in [-0.05, 0) is 38.5 Å². The summed E-state index contributed by atoms with van der Waals surface area (Å²) in [6.45, 7) is 6.01. The SMILES string of the molecule is Cc1ccc(-c2cc(OC3Cc4cc5ccc(=O)oc5cc4OC3(C)C)ncn2)cc1. The maximum Gasteiger partial charge on any atom is 0.336 e. The van der Waals surface area contributed by atoms with Gasteiger partial charge in [0.1, 0.15) is 29.4 Å². The lowest BCUT2D eigenvalue weighted by Crippen LogP contribution is -2.49. The Labute approximate surface area is 179 Å². The molecule has 1 aliphatic rings. The summed E-state index contributed by atoms with van der Waals surface area (Å²) in [6, 6.07) is 17.0. The van der Waals surface area contributed by atoms with Gasteiger partial charge in [-0.15, -0.1) is 0 Å². The topological polar surface area (TPSA) is 74.5 Å². The minimum Gasteiger partial charge on any atom is -0.484 e. The molecule has 0 spiro atoms. The van der Waals surface area contributed by atoms with Crippen LogP contribution in [0.1, 0.15) is 25.0 Å². The summed E-state index contributed by atoms with van der Waals surface area (Å²) in [6.07, 6.45) is 1.90. The van der Waals surface area contributed by atoms with Gasteiger partial charge in [-0.3, -0.25) is 0 Å². The summed E-state index contributed by atoms with van der Waals surface area (Å²) >= 11 is 0. The first-order valence-corrected chi connectivity index (χ1v) is 10.2. The minimum absolute atomic E-state index is 0.256. The van der Waals surface area contributed by atoms with Gasteiger partial charge in [-0.1, -0.05) is 29.8 Å². The van der Waals surface area contributed by atoms with Gasteiger partial charge >= 0.3 is 5.63 Å². The summed E-state index contributed by atoms with van der Waals surface area (Å²) in [5, 5.41) is 0.851. The van der Waals surface area contributed by atoms with E-state index in [1.807, 2.05) is 38.1 Å².